The Labute approximate surface area is 197 Å². The number of imidazole rings is 1. The minimum atomic E-state index is 0. The molecule has 2 fully saturated rings. The van der Waals surface area contributed by atoms with Crippen LogP contribution < -0.4 is 29.6 Å². The summed E-state index contributed by atoms with van der Waals surface area (Å²) < 4.78 is 2.40. The van der Waals surface area contributed by atoms with Crippen LogP contribution >= 0.6 is 0 Å². The molecule has 1 aromatic carbocycles. The van der Waals surface area contributed by atoms with Gasteiger partial charge in [0.05, 0.1) is 11.0 Å². The van der Waals surface area contributed by atoms with Gasteiger partial charge in [0.15, 0.2) is 0 Å². The van der Waals surface area contributed by atoms with Crippen molar-refractivity contribution in [2.75, 3.05) is 0 Å². The van der Waals surface area contributed by atoms with Gasteiger partial charge in [-0.3, -0.25) is 0 Å². The first-order chi connectivity index (χ1) is 13.6. The number of allylic oxidation sites excluding steroid dienone is 4. The molecular formula is C26H31N2Na. The van der Waals surface area contributed by atoms with Crippen molar-refractivity contribution in [3.63, 3.8) is 0 Å². The Balaban J connectivity index is 0.00000181. The molecule has 2 saturated carbocycles. The smallest absolute Gasteiger partial charge is 0.325 e. The summed E-state index contributed by atoms with van der Waals surface area (Å²) in [5, 5.41) is 0. The van der Waals surface area contributed by atoms with Gasteiger partial charge in [0, 0.05) is 11.1 Å². The molecule has 3 heteroatoms. The zero-order valence-corrected chi connectivity index (χ0v) is 20.2. The van der Waals surface area contributed by atoms with Crippen LogP contribution in [0.4, 0.5) is 0 Å². The second kappa shape index (κ2) is 7.11. The molecule has 29 heavy (non-hydrogen) atoms. The third-order valence-corrected chi connectivity index (χ3v) is 9.11. The molecule has 0 bridgehead atoms. The summed E-state index contributed by atoms with van der Waals surface area (Å²) in [5.74, 6) is 2.50. The predicted molar refractivity (Wildman–Crippen MR) is 115 cm³/mol. The molecule has 5 atom stereocenters. The Morgan fingerprint density at radius 2 is 1.90 bits per heavy atom. The van der Waals surface area contributed by atoms with Gasteiger partial charge >= 0.3 is 29.6 Å². The summed E-state index contributed by atoms with van der Waals surface area (Å²) in [5.41, 5.74) is 6.40. The molecule has 0 amide bonds. The van der Waals surface area contributed by atoms with E-state index in [1.807, 2.05) is 0 Å². The SMILES string of the molecule is CC12CC[CH-]CC1=CCC1C2CCC2(C)C(n3cnc4ccccc43)=CCC12.[Na+]. The van der Waals surface area contributed by atoms with E-state index in [1.54, 1.807) is 5.57 Å². The van der Waals surface area contributed by atoms with Crippen molar-refractivity contribution in [3.05, 3.63) is 54.7 Å². The monoisotopic (exact) mass is 394 g/mol. The number of para-hydroxylation sites is 2. The average Bonchev–Trinajstić information content (AvgIpc) is 3.28. The number of benzene rings is 1. The van der Waals surface area contributed by atoms with E-state index in [1.165, 1.54) is 56.2 Å². The van der Waals surface area contributed by atoms with Gasteiger partial charge in [0.2, 0.25) is 0 Å². The van der Waals surface area contributed by atoms with Crippen LogP contribution in [0.5, 0.6) is 0 Å². The quantitative estimate of drug-likeness (QED) is 0.410. The Hall–Kier alpha value is -0.830. The maximum atomic E-state index is 4.69. The van der Waals surface area contributed by atoms with Crippen LogP contribution in [0.3, 0.4) is 0 Å². The van der Waals surface area contributed by atoms with Crippen molar-refractivity contribution < 1.29 is 29.6 Å². The molecule has 4 aliphatic rings. The van der Waals surface area contributed by atoms with E-state index in [9.17, 15) is 0 Å². The molecule has 0 N–H and O–H groups in total. The van der Waals surface area contributed by atoms with Gasteiger partial charge in [0.1, 0.15) is 6.33 Å². The largest absolute Gasteiger partial charge is 1.00 e. The number of nitrogens with zero attached hydrogens (tertiary/aromatic N) is 2. The van der Waals surface area contributed by atoms with Crippen molar-refractivity contribution in [3.8, 4) is 0 Å². The van der Waals surface area contributed by atoms with Crippen LogP contribution in [0.25, 0.3) is 16.7 Å². The Morgan fingerprint density at radius 3 is 2.79 bits per heavy atom. The van der Waals surface area contributed by atoms with Crippen molar-refractivity contribution in [2.24, 2.45) is 28.6 Å². The number of hydrogen-bond acceptors (Lipinski definition) is 1. The molecule has 0 radical (unpaired) electrons. The molecule has 146 valence electrons. The van der Waals surface area contributed by atoms with Crippen molar-refractivity contribution in [2.45, 2.75) is 58.8 Å². The summed E-state index contributed by atoms with van der Waals surface area (Å²) in [6, 6.07) is 8.58. The fourth-order valence-electron chi connectivity index (χ4n) is 7.55. The van der Waals surface area contributed by atoms with Gasteiger partial charge in [-0.1, -0.05) is 50.1 Å². The zero-order valence-electron chi connectivity index (χ0n) is 18.2. The first kappa shape index (κ1) is 20.1. The summed E-state index contributed by atoms with van der Waals surface area (Å²) in [4.78, 5) is 4.69. The van der Waals surface area contributed by atoms with Gasteiger partial charge < -0.3 is 11.0 Å². The summed E-state index contributed by atoms with van der Waals surface area (Å²) in [6.07, 6.45) is 18.9. The summed E-state index contributed by atoms with van der Waals surface area (Å²) in [6.45, 7) is 5.15. The molecule has 1 heterocycles. The Morgan fingerprint density at radius 1 is 1.03 bits per heavy atom. The fraction of sp³-hybridized carbons (Fsp3) is 0.538. The van der Waals surface area contributed by atoms with Gasteiger partial charge in [-0.05, 0) is 61.0 Å². The molecule has 0 saturated heterocycles. The van der Waals surface area contributed by atoms with E-state index in [0.29, 0.717) is 5.41 Å². The molecule has 5 unspecified atom stereocenters. The minimum Gasteiger partial charge on any atom is -0.325 e. The van der Waals surface area contributed by atoms with E-state index in [2.05, 4.69) is 72.6 Å². The van der Waals surface area contributed by atoms with Gasteiger partial charge in [0.25, 0.3) is 0 Å². The van der Waals surface area contributed by atoms with Gasteiger partial charge in [-0.15, -0.1) is 0 Å². The van der Waals surface area contributed by atoms with Crippen LogP contribution in [-0.4, -0.2) is 9.55 Å². The van der Waals surface area contributed by atoms with Crippen LogP contribution in [0.2, 0.25) is 0 Å². The van der Waals surface area contributed by atoms with Crippen LogP contribution in [-0.2, 0) is 0 Å². The topological polar surface area (TPSA) is 17.8 Å². The molecule has 4 aliphatic carbocycles. The van der Waals surface area contributed by atoms with E-state index in [0.717, 1.165) is 23.3 Å². The molecule has 1 aromatic heterocycles. The number of rotatable bonds is 1. The van der Waals surface area contributed by atoms with Crippen LogP contribution in [0, 0.1) is 35.0 Å². The zero-order chi connectivity index (χ0) is 18.9. The molecule has 2 nitrogen and oxygen atoms in total. The second-order valence-electron chi connectivity index (χ2n) is 10.2. The predicted octanol–water partition coefficient (Wildman–Crippen LogP) is 3.66. The third kappa shape index (κ3) is 2.75. The molecule has 2 aromatic rings. The summed E-state index contributed by atoms with van der Waals surface area (Å²) >= 11 is 0. The number of fused-ring (bicyclic) bond motifs is 6. The standard InChI is InChI=1S/C26H31N2.Na/c1-25-15-6-5-7-18(25)10-11-19-20-12-13-24(26(20,2)16-14-21(19)25)28-17-27-22-8-3-4-9-23(22)28;/h3-5,8-10,13,17,19-21H,6-7,11-12,14-16H2,1-2H3;/q-1;+1. The number of aromatic nitrogens is 2. The van der Waals surface area contributed by atoms with Gasteiger partial charge in [-0.2, -0.15) is 12.8 Å². The maximum Gasteiger partial charge on any atom is 1.00 e. The van der Waals surface area contributed by atoms with Crippen molar-refractivity contribution >= 4 is 16.7 Å². The van der Waals surface area contributed by atoms with Crippen molar-refractivity contribution in [1.29, 1.82) is 0 Å². The first-order valence-electron chi connectivity index (χ1n) is 11.3. The van der Waals surface area contributed by atoms with E-state index in [4.69, 9.17) is 0 Å². The summed E-state index contributed by atoms with van der Waals surface area (Å²) in [7, 11) is 0. The molecular weight excluding hydrogens is 363 g/mol. The maximum absolute atomic E-state index is 4.69. The Kier molecular flexibility index (Phi) is 4.92. The fourth-order valence-corrected chi connectivity index (χ4v) is 7.55. The van der Waals surface area contributed by atoms with Crippen molar-refractivity contribution in [1.82, 2.24) is 9.55 Å². The molecule has 0 aliphatic heterocycles. The molecule has 6 rings (SSSR count). The first-order valence-corrected chi connectivity index (χ1v) is 11.3. The second-order valence-corrected chi connectivity index (χ2v) is 10.2. The Bertz CT molecular complexity index is 1000. The van der Waals surface area contributed by atoms with E-state index >= 15 is 0 Å². The van der Waals surface area contributed by atoms with Crippen LogP contribution in [0.15, 0.2) is 48.3 Å². The normalized spacial score (nSPS) is 38.3. The molecule has 0 spiro atoms. The number of hydrogen-bond donors (Lipinski definition) is 0. The van der Waals surface area contributed by atoms with Gasteiger partial charge in [-0.25, -0.2) is 4.98 Å². The third-order valence-electron chi connectivity index (χ3n) is 9.11. The average molecular weight is 395 g/mol. The minimum absolute atomic E-state index is 0. The van der Waals surface area contributed by atoms with E-state index in [-0.39, 0.29) is 35.0 Å². The van der Waals surface area contributed by atoms with E-state index < -0.39 is 0 Å². The van der Waals surface area contributed by atoms with Crippen LogP contribution in [0.1, 0.15) is 58.8 Å².